The molecule has 2 aromatic carbocycles. The molecule has 0 aliphatic carbocycles. The second-order valence-corrected chi connectivity index (χ2v) is 10.6. The number of para-hydroxylation sites is 2. The monoisotopic (exact) mass is 485 g/mol. The lowest BCUT2D eigenvalue weighted by molar-refractivity contribution is -0.121. The van der Waals surface area contributed by atoms with Crippen LogP contribution in [0.1, 0.15) is 45.1 Å². The molecule has 1 atom stereocenters. The van der Waals surface area contributed by atoms with Crippen molar-refractivity contribution in [1.82, 2.24) is 4.31 Å². The Balaban J connectivity index is 1.54. The van der Waals surface area contributed by atoms with Crippen LogP contribution in [0.2, 0.25) is 0 Å². The smallest absolute Gasteiger partial charge is 0.244 e. The van der Waals surface area contributed by atoms with Crippen molar-refractivity contribution in [1.29, 1.82) is 0 Å². The Morgan fingerprint density at radius 2 is 1.94 bits per heavy atom. The third-order valence-corrected chi connectivity index (χ3v) is 8.37. The lowest BCUT2D eigenvalue weighted by Gasteiger charge is -2.33. The van der Waals surface area contributed by atoms with Gasteiger partial charge in [0.15, 0.2) is 0 Å². The van der Waals surface area contributed by atoms with E-state index in [4.69, 9.17) is 4.74 Å². The van der Waals surface area contributed by atoms with E-state index >= 15 is 0 Å². The highest BCUT2D eigenvalue weighted by Gasteiger charge is 2.33. The second-order valence-electron chi connectivity index (χ2n) is 8.71. The number of sulfonamides is 1. The zero-order valence-corrected chi connectivity index (χ0v) is 20.4. The maximum absolute atomic E-state index is 13.3. The zero-order chi connectivity index (χ0) is 24.3. The van der Waals surface area contributed by atoms with Gasteiger partial charge in [0.1, 0.15) is 12.3 Å². The number of rotatable bonds is 7. The number of piperidine rings is 1. The predicted molar refractivity (Wildman–Crippen MR) is 131 cm³/mol. The van der Waals surface area contributed by atoms with Crippen LogP contribution in [0.3, 0.4) is 0 Å². The highest BCUT2D eigenvalue weighted by Crippen LogP contribution is 2.33. The molecule has 2 aliphatic rings. The van der Waals surface area contributed by atoms with Crippen molar-refractivity contribution < 1.29 is 22.7 Å². The van der Waals surface area contributed by atoms with E-state index in [1.54, 1.807) is 40.7 Å². The SMILES string of the molecule is CCOc1ccccc1NC(=O)CN1C(=O)CCc2cc(S(=O)(=O)N3CCCC[C@@H]3C)ccc21. The van der Waals surface area contributed by atoms with E-state index in [-0.39, 0.29) is 35.7 Å². The predicted octanol–water partition coefficient (Wildman–Crippen LogP) is 3.57. The third-order valence-electron chi connectivity index (χ3n) is 6.36. The van der Waals surface area contributed by atoms with Crippen LogP contribution in [0.15, 0.2) is 47.4 Å². The quantitative estimate of drug-likeness (QED) is 0.647. The molecule has 34 heavy (non-hydrogen) atoms. The first-order valence-electron chi connectivity index (χ1n) is 11.8. The average molecular weight is 486 g/mol. The topological polar surface area (TPSA) is 96.0 Å². The van der Waals surface area contributed by atoms with Gasteiger partial charge in [-0.15, -0.1) is 0 Å². The van der Waals surface area contributed by atoms with Gasteiger partial charge in [-0.05, 0) is 69.0 Å². The maximum Gasteiger partial charge on any atom is 0.244 e. The lowest BCUT2D eigenvalue weighted by atomic mass is 10.0. The molecule has 182 valence electrons. The summed E-state index contributed by atoms with van der Waals surface area (Å²) in [6.45, 7) is 4.63. The van der Waals surface area contributed by atoms with Crippen LogP contribution in [0.5, 0.6) is 5.75 Å². The summed E-state index contributed by atoms with van der Waals surface area (Å²) in [5, 5.41) is 2.82. The number of benzene rings is 2. The molecule has 1 fully saturated rings. The standard InChI is InChI=1S/C25H31N3O5S/c1-3-33-23-10-5-4-9-21(23)26-24(29)17-27-22-13-12-20(16-19(22)11-14-25(27)30)34(31,32)28-15-7-6-8-18(28)2/h4-5,9-10,12-13,16,18H,3,6-8,11,14-15,17H2,1-2H3,(H,26,29)/t18-/m0/s1. The highest BCUT2D eigenvalue weighted by atomic mass is 32.2. The van der Waals surface area contributed by atoms with Crippen LogP contribution in [0, 0.1) is 0 Å². The number of hydrogen-bond donors (Lipinski definition) is 1. The first-order valence-corrected chi connectivity index (χ1v) is 13.2. The molecule has 2 aromatic rings. The molecule has 0 unspecified atom stereocenters. The normalized spacial score (nSPS) is 18.9. The maximum atomic E-state index is 13.3. The molecule has 0 bridgehead atoms. The Morgan fingerprint density at radius 3 is 2.71 bits per heavy atom. The summed E-state index contributed by atoms with van der Waals surface area (Å²) in [5.74, 6) is 0.0405. The molecule has 1 N–H and O–H groups in total. The van der Waals surface area contributed by atoms with E-state index < -0.39 is 10.0 Å². The molecule has 2 amide bonds. The molecule has 0 aromatic heterocycles. The summed E-state index contributed by atoms with van der Waals surface area (Å²) < 4.78 is 33.7. The Hall–Kier alpha value is -2.91. The summed E-state index contributed by atoms with van der Waals surface area (Å²) in [6.07, 6.45) is 3.41. The molecule has 0 spiro atoms. The number of aryl methyl sites for hydroxylation is 1. The molecule has 2 heterocycles. The molecule has 2 aliphatic heterocycles. The molecule has 1 saturated heterocycles. The van der Waals surface area contributed by atoms with Crippen molar-refractivity contribution in [3.05, 3.63) is 48.0 Å². The van der Waals surface area contributed by atoms with Gasteiger partial charge in [0, 0.05) is 24.7 Å². The van der Waals surface area contributed by atoms with Gasteiger partial charge in [0.2, 0.25) is 21.8 Å². The number of amides is 2. The molecule has 0 saturated carbocycles. The van der Waals surface area contributed by atoms with Gasteiger partial charge < -0.3 is 15.0 Å². The van der Waals surface area contributed by atoms with E-state index in [1.165, 1.54) is 4.90 Å². The zero-order valence-electron chi connectivity index (χ0n) is 19.6. The highest BCUT2D eigenvalue weighted by molar-refractivity contribution is 7.89. The average Bonchev–Trinajstić information content (AvgIpc) is 2.82. The number of fused-ring (bicyclic) bond motifs is 1. The van der Waals surface area contributed by atoms with Crippen molar-refractivity contribution >= 4 is 33.2 Å². The fourth-order valence-corrected chi connectivity index (χ4v) is 6.37. The number of carbonyl (C=O) groups is 2. The molecule has 9 heteroatoms. The Bertz CT molecular complexity index is 1180. The van der Waals surface area contributed by atoms with Crippen LogP contribution >= 0.6 is 0 Å². The van der Waals surface area contributed by atoms with E-state index in [0.717, 1.165) is 24.8 Å². The van der Waals surface area contributed by atoms with Crippen molar-refractivity contribution in [2.75, 3.05) is 29.9 Å². The minimum Gasteiger partial charge on any atom is -0.492 e. The van der Waals surface area contributed by atoms with Crippen molar-refractivity contribution in [3.63, 3.8) is 0 Å². The number of anilines is 2. The molecular weight excluding hydrogens is 454 g/mol. The first-order chi connectivity index (χ1) is 16.3. The summed E-state index contributed by atoms with van der Waals surface area (Å²) in [6, 6.07) is 12.0. The van der Waals surface area contributed by atoms with Gasteiger partial charge >= 0.3 is 0 Å². The van der Waals surface area contributed by atoms with Crippen molar-refractivity contribution in [3.8, 4) is 5.75 Å². The van der Waals surface area contributed by atoms with Gasteiger partial charge in [-0.3, -0.25) is 9.59 Å². The largest absolute Gasteiger partial charge is 0.492 e. The van der Waals surface area contributed by atoms with E-state index in [9.17, 15) is 18.0 Å². The van der Waals surface area contributed by atoms with Crippen LogP contribution in [-0.4, -0.2) is 50.3 Å². The summed E-state index contributed by atoms with van der Waals surface area (Å²) in [7, 11) is -3.61. The molecule has 8 nitrogen and oxygen atoms in total. The van der Waals surface area contributed by atoms with Gasteiger partial charge in [-0.1, -0.05) is 18.6 Å². The number of hydrogen-bond acceptors (Lipinski definition) is 5. The fourth-order valence-electron chi connectivity index (χ4n) is 4.62. The third kappa shape index (κ3) is 4.95. The molecular formula is C25H31N3O5S. The number of ether oxygens (including phenoxy) is 1. The molecule has 4 rings (SSSR count). The summed E-state index contributed by atoms with van der Waals surface area (Å²) >= 11 is 0. The van der Waals surface area contributed by atoms with Crippen molar-refractivity contribution in [2.24, 2.45) is 0 Å². The number of nitrogens with zero attached hydrogens (tertiary/aromatic N) is 2. The van der Waals surface area contributed by atoms with Crippen LogP contribution in [-0.2, 0) is 26.0 Å². The van der Waals surface area contributed by atoms with E-state index in [2.05, 4.69) is 5.32 Å². The Labute approximate surface area is 200 Å². The van der Waals surface area contributed by atoms with Crippen LogP contribution in [0.25, 0.3) is 0 Å². The summed E-state index contributed by atoms with van der Waals surface area (Å²) in [4.78, 5) is 27.1. The second kappa shape index (κ2) is 10.1. The minimum absolute atomic E-state index is 0.0314. The van der Waals surface area contributed by atoms with E-state index in [1.807, 2.05) is 19.9 Å². The summed E-state index contributed by atoms with van der Waals surface area (Å²) in [5.41, 5.74) is 1.87. The van der Waals surface area contributed by atoms with Crippen LogP contribution in [0.4, 0.5) is 11.4 Å². The fraction of sp³-hybridized carbons (Fsp3) is 0.440. The Morgan fingerprint density at radius 1 is 1.15 bits per heavy atom. The lowest BCUT2D eigenvalue weighted by Crippen LogP contribution is -2.42. The van der Waals surface area contributed by atoms with Gasteiger partial charge in [0.25, 0.3) is 0 Å². The minimum atomic E-state index is -3.61. The molecule has 0 radical (unpaired) electrons. The van der Waals surface area contributed by atoms with Crippen LogP contribution < -0.4 is 15.0 Å². The number of nitrogens with one attached hydrogen (secondary N) is 1. The van der Waals surface area contributed by atoms with Gasteiger partial charge in [-0.25, -0.2) is 8.42 Å². The number of carbonyl (C=O) groups excluding carboxylic acids is 2. The first kappa shape index (κ1) is 24.2. The van der Waals surface area contributed by atoms with Gasteiger partial charge in [-0.2, -0.15) is 4.31 Å². The Kier molecular flexibility index (Phi) is 7.23. The van der Waals surface area contributed by atoms with Crippen molar-refractivity contribution in [2.45, 2.75) is 56.9 Å². The van der Waals surface area contributed by atoms with E-state index in [0.29, 0.717) is 36.7 Å². The van der Waals surface area contributed by atoms with Gasteiger partial charge in [0.05, 0.1) is 17.2 Å².